The van der Waals surface area contributed by atoms with Crippen LogP contribution in [0.15, 0.2) is 4.99 Å². The largest absolute Gasteiger partial charge is 0.340 e. The average molecular weight is 242 g/mol. The first kappa shape index (κ1) is 16.2. The van der Waals surface area contributed by atoms with Gasteiger partial charge in [0, 0.05) is 19.1 Å². The van der Waals surface area contributed by atoms with Crippen LogP contribution in [0.1, 0.15) is 59.8 Å². The third-order valence-electron chi connectivity index (χ3n) is 2.80. The Morgan fingerprint density at radius 3 is 2.29 bits per heavy atom. The molecular formula is C13H30N4. The van der Waals surface area contributed by atoms with Gasteiger partial charge in [0.05, 0.1) is 0 Å². The summed E-state index contributed by atoms with van der Waals surface area (Å²) >= 11 is 0. The molecule has 0 atom stereocenters. The molecule has 102 valence electrons. The van der Waals surface area contributed by atoms with Gasteiger partial charge >= 0.3 is 0 Å². The molecule has 0 aliphatic carbocycles. The Morgan fingerprint density at radius 2 is 1.82 bits per heavy atom. The second kappa shape index (κ2) is 10.4. The number of hydrogen-bond acceptors (Lipinski definition) is 2. The molecule has 0 aliphatic heterocycles. The summed E-state index contributed by atoms with van der Waals surface area (Å²) in [6.07, 6.45) is 5.98. The van der Waals surface area contributed by atoms with Gasteiger partial charge in [-0.2, -0.15) is 0 Å². The highest BCUT2D eigenvalue weighted by Gasteiger charge is 2.12. The van der Waals surface area contributed by atoms with Crippen molar-refractivity contribution < 1.29 is 0 Å². The first-order chi connectivity index (χ1) is 8.17. The molecule has 4 heteroatoms. The van der Waals surface area contributed by atoms with Crippen LogP contribution in [0.3, 0.4) is 0 Å². The van der Waals surface area contributed by atoms with Crippen LogP contribution in [0.2, 0.25) is 0 Å². The minimum absolute atomic E-state index is 0.434. The van der Waals surface area contributed by atoms with Gasteiger partial charge in [-0.1, -0.05) is 33.1 Å². The summed E-state index contributed by atoms with van der Waals surface area (Å²) in [6.45, 7) is 10.6. The van der Waals surface area contributed by atoms with Crippen LogP contribution in [0, 0.1) is 0 Å². The van der Waals surface area contributed by atoms with Crippen molar-refractivity contribution in [3.8, 4) is 0 Å². The van der Waals surface area contributed by atoms with Gasteiger partial charge in [-0.25, -0.2) is 5.84 Å². The first-order valence-corrected chi connectivity index (χ1v) is 6.95. The summed E-state index contributed by atoms with van der Waals surface area (Å²) in [5.41, 5.74) is 2.75. The van der Waals surface area contributed by atoms with Crippen LogP contribution in [-0.2, 0) is 0 Å². The summed E-state index contributed by atoms with van der Waals surface area (Å²) < 4.78 is 0. The highest BCUT2D eigenvalue weighted by Crippen LogP contribution is 2.04. The van der Waals surface area contributed by atoms with Gasteiger partial charge in [-0.05, 0) is 26.7 Å². The van der Waals surface area contributed by atoms with Crippen LogP contribution in [0.5, 0.6) is 0 Å². The lowest BCUT2D eigenvalue weighted by molar-refractivity contribution is 0.328. The second-order valence-corrected chi connectivity index (χ2v) is 4.70. The lowest BCUT2D eigenvalue weighted by Crippen LogP contribution is -2.48. The molecule has 0 aromatic rings. The van der Waals surface area contributed by atoms with E-state index in [1.165, 1.54) is 25.7 Å². The van der Waals surface area contributed by atoms with E-state index in [-0.39, 0.29) is 0 Å². The van der Waals surface area contributed by atoms with Crippen molar-refractivity contribution in [2.75, 3.05) is 13.1 Å². The van der Waals surface area contributed by atoms with Crippen molar-refractivity contribution >= 4 is 5.96 Å². The lowest BCUT2D eigenvalue weighted by Gasteiger charge is -2.29. The fourth-order valence-corrected chi connectivity index (χ4v) is 1.70. The Balaban J connectivity index is 4.35. The second-order valence-electron chi connectivity index (χ2n) is 4.70. The van der Waals surface area contributed by atoms with Crippen molar-refractivity contribution in [2.45, 2.75) is 65.8 Å². The number of unbranched alkanes of at least 4 members (excludes halogenated alkanes) is 3. The van der Waals surface area contributed by atoms with Crippen molar-refractivity contribution in [2.24, 2.45) is 10.8 Å². The van der Waals surface area contributed by atoms with Gasteiger partial charge in [-0.3, -0.25) is 10.4 Å². The van der Waals surface area contributed by atoms with E-state index in [1.807, 2.05) is 0 Å². The Labute approximate surface area is 107 Å². The predicted octanol–water partition coefficient (Wildman–Crippen LogP) is 2.51. The number of aliphatic imine (C=N–C) groups is 1. The molecule has 0 rings (SSSR count). The smallest absolute Gasteiger partial charge is 0.208 e. The maximum Gasteiger partial charge on any atom is 0.208 e. The maximum atomic E-state index is 5.58. The molecule has 0 heterocycles. The van der Waals surface area contributed by atoms with E-state index < -0.39 is 0 Å². The van der Waals surface area contributed by atoms with E-state index in [2.05, 4.69) is 43.0 Å². The predicted molar refractivity (Wildman–Crippen MR) is 75.9 cm³/mol. The topological polar surface area (TPSA) is 53.6 Å². The van der Waals surface area contributed by atoms with Crippen molar-refractivity contribution in [3.05, 3.63) is 0 Å². The zero-order valence-electron chi connectivity index (χ0n) is 12.0. The molecule has 3 N–H and O–H groups in total. The van der Waals surface area contributed by atoms with E-state index in [4.69, 9.17) is 5.84 Å². The highest BCUT2D eigenvalue weighted by atomic mass is 15.4. The molecule has 0 unspecified atom stereocenters. The van der Waals surface area contributed by atoms with Gasteiger partial charge < -0.3 is 4.90 Å². The summed E-state index contributed by atoms with van der Waals surface area (Å²) in [4.78, 5) is 6.79. The summed E-state index contributed by atoms with van der Waals surface area (Å²) in [6, 6.07) is 0.434. The average Bonchev–Trinajstić information content (AvgIpc) is 2.31. The molecule has 0 saturated heterocycles. The van der Waals surface area contributed by atoms with Crippen LogP contribution < -0.4 is 11.3 Å². The van der Waals surface area contributed by atoms with Crippen LogP contribution in [0.4, 0.5) is 0 Å². The van der Waals surface area contributed by atoms with E-state index in [1.54, 1.807) is 0 Å². The van der Waals surface area contributed by atoms with Gasteiger partial charge in [-0.15, -0.1) is 0 Å². The number of nitrogens with one attached hydrogen (secondary N) is 1. The van der Waals surface area contributed by atoms with E-state index in [9.17, 15) is 0 Å². The standard InChI is InChI=1S/C13H30N4/c1-5-7-9-11-17(12(3)4)13(16-14)15-10-8-6-2/h12H,5-11,14H2,1-4H3,(H,15,16). The molecule has 0 fully saturated rings. The fraction of sp³-hybridized carbons (Fsp3) is 0.923. The normalized spacial score (nSPS) is 12.0. The van der Waals surface area contributed by atoms with Crippen molar-refractivity contribution in [3.63, 3.8) is 0 Å². The molecule has 0 aromatic carbocycles. The molecule has 0 bridgehead atoms. The zero-order chi connectivity index (χ0) is 13.1. The Bertz CT molecular complexity index is 202. The van der Waals surface area contributed by atoms with E-state index in [0.29, 0.717) is 6.04 Å². The van der Waals surface area contributed by atoms with Crippen molar-refractivity contribution in [1.29, 1.82) is 0 Å². The third-order valence-corrected chi connectivity index (χ3v) is 2.80. The van der Waals surface area contributed by atoms with Crippen molar-refractivity contribution in [1.82, 2.24) is 10.3 Å². The molecule has 0 aliphatic rings. The minimum atomic E-state index is 0.434. The summed E-state index contributed by atoms with van der Waals surface area (Å²) in [7, 11) is 0. The minimum Gasteiger partial charge on any atom is -0.340 e. The molecule has 0 spiro atoms. The third kappa shape index (κ3) is 7.21. The van der Waals surface area contributed by atoms with Gasteiger partial charge in [0.25, 0.3) is 0 Å². The number of guanidine groups is 1. The van der Waals surface area contributed by atoms with E-state index >= 15 is 0 Å². The monoisotopic (exact) mass is 242 g/mol. The molecule has 4 nitrogen and oxygen atoms in total. The van der Waals surface area contributed by atoms with Gasteiger partial charge in [0.15, 0.2) is 0 Å². The molecule has 0 amide bonds. The molecule has 0 aromatic heterocycles. The Morgan fingerprint density at radius 1 is 1.18 bits per heavy atom. The number of hydrogen-bond donors (Lipinski definition) is 2. The molecule has 0 saturated carbocycles. The Kier molecular flexibility index (Phi) is 9.92. The Hall–Kier alpha value is -0.770. The van der Waals surface area contributed by atoms with Crippen LogP contribution >= 0.6 is 0 Å². The highest BCUT2D eigenvalue weighted by molar-refractivity contribution is 5.79. The van der Waals surface area contributed by atoms with Gasteiger partial charge in [0.2, 0.25) is 5.96 Å². The maximum absolute atomic E-state index is 5.58. The summed E-state index contributed by atoms with van der Waals surface area (Å²) in [5, 5.41) is 0. The van der Waals surface area contributed by atoms with Gasteiger partial charge in [0.1, 0.15) is 0 Å². The molecular weight excluding hydrogens is 212 g/mol. The number of hydrazine groups is 1. The number of nitrogens with two attached hydrogens (primary N) is 1. The van der Waals surface area contributed by atoms with Crippen LogP contribution in [0.25, 0.3) is 0 Å². The fourth-order valence-electron chi connectivity index (χ4n) is 1.70. The number of nitrogens with zero attached hydrogens (tertiary/aromatic N) is 2. The lowest BCUT2D eigenvalue weighted by atomic mass is 10.2. The quantitative estimate of drug-likeness (QED) is 0.226. The van der Waals surface area contributed by atoms with E-state index in [0.717, 1.165) is 25.5 Å². The van der Waals surface area contributed by atoms with Crippen LogP contribution in [-0.4, -0.2) is 30.0 Å². The first-order valence-electron chi connectivity index (χ1n) is 6.95. The molecule has 0 radical (unpaired) electrons. The molecule has 17 heavy (non-hydrogen) atoms. The SMILES string of the molecule is CCCCCN(C(=NCCCC)NN)C(C)C. The summed E-state index contributed by atoms with van der Waals surface area (Å²) in [5.74, 6) is 6.41. The number of rotatable bonds is 8. The zero-order valence-corrected chi connectivity index (χ0v) is 12.0.